The lowest BCUT2D eigenvalue weighted by Crippen LogP contribution is -2.12. The van der Waals surface area contributed by atoms with Crippen molar-refractivity contribution in [1.82, 2.24) is 0 Å². The number of phenolic OH excluding ortho intramolecular Hbond substituents is 2. The number of phenols is 2. The number of fused-ring (bicyclic) bond motifs is 2. The van der Waals surface area contributed by atoms with E-state index in [9.17, 15) is 19.8 Å². The summed E-state index contributed by atoms with van der Waals surface area (Å²) in [5.41, 5.74) is -0.288. The Morgan fingerprint density at radius 3 is 1.39 bits per heavy atom. The van der Waals surface area contributed by atoms with Crippen LogP contribution in [0.4, 0.5) is 0 Å². The van der Waals surface area contributed by atoms with Crippen molar-refractivity contribution >= 4 is 33.5 Å². The zero-order chi connectivity index (χ0) is 19.7. The van der Waals surface area contributed by atoms with Crippen LogP contribution in [0.25, 0.3) is 21.5 Å². The van der Waals surface area contributed by atoms with E-state index in [1.807, 2.05) is 0 Å². The molecule has 28 heavy (non-hydrogen) atoms. The molecule has 0 saturated carbocycles. The van der Waals surface area contributed by atoms with E-state index in [1.165, 1.54) is 12.1 Å². The van der Waals surface area contributed by atoms with Crippen LogP contribution in [0.3, 0.4) is 0 Å². The standard InChI is InChI=1S/C22H14O6/c23-19-15-7-3-1-5-13(15)9-11-17(19)21(25)27-28-22(26)18-12-10-14-6-2-4-8-16(14)20(18)24/h1-12,23-24H. The Kier molecular flexibility index (Phi) is 4.29. The zero-order valence-electron chi connectivity index (χ0n) is 14.5. The van der Waals surface area contributed by atoms with Gasteiger partial charge in [-0.2, -0.15) is 0 Å². The maximum absolute atomic E-state index is 12.2. The van der Waals surface area contributed by atoms with E-state index in [-0.39, 0.29) is 22.6 Å². The van der Waals surface area contributed by atoms with Crippen LogP contribution in [0.5, 0.6) is 11.5 Å². The second-order valence-corrected chi connectivity index (χ2v) is 6.11. The van der Waals surface area contributed by atoms with Gasteiger partial charge in [-0.3, -0.25) is 0 Å². The van der Waals surface area contributed by atoms with Crippen LogP contribution in [0.1, 0.15) is 20.7 Å². The molecule has 0 atom stereocenters. The minimum atomic E-state index is -1.03. The molecule has 0 fully saturated rings. The molecule has 0 aliphatic carbocycles. The molecule has 0 saturated heterocycles. The first-order valence-electron chi connectivity index (χ1n) is 8.41. The van der Waals surface area contributed by atoms with Crippen molar-refractivity contribution in [3.63, 3.8) is 0 Å². The molecule has 138 valence electrons. The fraction of sp³-hybridized carbons (Fsp3) is 0. The van der Waals surface area contributed by atoms with E-state index in [1.54, 1.807) is 60.7 Å². The average Bonchev–Trinajstić information content (AvgIpc) is 2.73. The largest absolute Gasteiger partial charge is 0.506 e. The summed E-state index contributed by atoms with van der Waals surface area (Å²) in [4.78, 5) is 33.6. The Morgan fingerprint density at radius 2 is 0.964 bits per heavy atom. The molecule has 2 N–H and O–H groups in total. The predicted octanol–water partition coefficient (Wildman–Crippen LogP) is 4.33. The van der Waals surface area contributed by atoms with Gasteiger partial charge in [0.25, 0.3) is 0 Å². The second kappa shape index (κ2) is 6.92. The van der Waals surface area contributed by atoms with Gasteiger partial charge in [0, 0.05) is 10.8 Å². The minimum Gasteiger partial charge on any atom is -0.506 e. The quantitative estimate of drug-likeness (QED) is 0.401. The molecule has 0 aliphatic heterocycles. The molecule has 0 amide bonds. The summed E-state index contributed by atoms with van der Waals surface area (Å²) in [7, 11) is 0. The Hall–Kier alpha value is -4.06. The molecule has 4 aromatic rings. The lowest BCUT2D eigenvalue weighted by atomic mass is 10.1. The van der Waals surface area contributed by atoms with Gasteiger partial charge in [0.1, 0.15) is 22.6 Å². The van der Waals surface area contributed by atoms with Gasteiger partial charge in [-0.1, -0.05) is 60.7 Å². The normalized spacial score (nSPS) is 10.7. The van der Waals surface area contributed by atoms with Crippen molar-refractivity contribution in [2.75, 3.05) is 0 Å². The smallest absolute Gasteiger partial charge is 0.390 e. The van der Waals surface area contributed by atoms with Crippen LogP contribution in [-0.2, 0) is 9.78 Å². The number of hydrogen-bond acceptors (Lipinski definition) is 6. The lowest BCUT2D eigenvalue weighted by molar-refractivity contribution is -0.187. The fourth-order valence-corrected chi connectivity index (χ4v) is 3.01. The summed E-state index contributed by atoms with van der Waals surface area (Å²) in [6.07, 6.45) is 0. The Morgan fingerprint density at radius 1 is 0.571 bits per heavy atom. The molecule has 0 unspecified atom stereocenters. The third-order valence-corrected chi connectivity index (χ3v) is 4.43. The number of carbonyl (C=O) groups is 2. The number of aromatic hydroxyl groups is 2. The second-order valence-electron chi connectivity index (χ2n) is 6.11. The monoisotopic (exact) mass is 374 g/mol. The highest BCUT2D eigenvalue weighted by Crippen LogP contribution is 2.30. The first-order valence-corrected chi connectivity index (χ1v) is 8.41. The van der Waals surface area contributed by atoms with Gasteiger partial charge in [-0.15, -0.1) is 0 Å². The molecule has 4 aromatic carbocycles. The van der Waals surface area contributed by atoms with Crippen molar-refractivity contribution in [2.24, 2.45) is 0 Å². The molecule has 0 aromatic heterocycles. The van der Waals surface area contributed by atoms with Crippen LogP contribution < -0.4 is 0 Å². The highest BCUT2D eigenvalue weighted by molar-refractivity contribution is 6.03. The predicted molar refractivity (Wildman–Crippen MR) is 102 cm³/mol. The summed E-state index contributed by atoms with van der Waals surface area (Å²) in [6, 6.07) is 20.0. The Bertz CT molecular complexity index is 1130. The van der Waals surface area contributed by atoms with Crippen molar-refractivity contribution in [3.8, 4) is 11.5 Å². The number of carbonyl (C=O) groups excluding carboxylic acids is 2. The third kappa shape index (κ3) is 2.97. The number of rotatable bonds is 2. The first kappa shape index (κ1) is 17.4. The SMILES string of the molecule is O=C(OOC(=O)c1ccc2ccccc2c1O)c1ccc2ccccc2c1O. The zero-order valence-corrected chi connectivity index (χ0v) is 14.5. The van der Waals surface area contributed by atoms with Crippen LogP contribution in [0.2, 0.25) is 0 Å². The topological polar surface area (TPSA) is 93.1 Å². The summed E-state index contributed by atoms with van der Waals surface area (Å²) in [5, 5.41) is 23.0. The summed E-state index contributed by atoms with van der Waals surface area (Å²) >= 11 is 0. The van der Waals surface area contributed by atoms with Gasteiger partial charge in [0.2, 0.25) is 0 Å². The maximum atomic E-state index is 12.2. The van der Waals surface area contributed by atoms with E-state index >= 15 is 0 Å². The van der Waals surface area contributed by atoms with E-state index in [0.717, 1.165) is 10.8 Å². The van der Waals surface area contributed by atoms with Crippen molar-refractivity contribution in [3.05, 3.63) is 83.9 Å². The Balaban J connectivity index is 1.55. The number of hydrogen-bond donors (Lipinski definition) is 2. The fourth-order valence-electron chi connectivity index (χ4n) is 3.01. The molecule has 0 aliphatic rings. The van der Waals surface area contributed by atoms with E-state index in [2.05, 4.69) is 9.78 Å². The summed E-state index contributed by atoms with van der Waals surface area (Å²) < 4.78 is 0. The maximum Gasteiger partial charge on any atom is 0.390 e. The molecule has 0 spiro atoms. The third-order valence-electron chi connectivity index (χ3n) is 4.43. The summed E-state index contributed by atoms with van der Waals surface area (Å²) in [5.74, 6) is -2.60. The van der Waals surface area contributed by atoms with Gasteiger partial charge in [0.15, 0.2) is 0 Å². The molecule has 0 radical (unpaired) electrons. The first-order chi connectivity index (χ1) is 13.6. The number of benzene rings is 4. The highest BCUT2D eigenvalue weighted by Gasteiger charge is 2.21. The molecular formula is C22H14O6. The van der Waals surface area contributed by atoms with Gasteiger partial charge in [-0.05, 0) is 22.9 Å². The van der Waals surface area contributed by atoms with Crippen LogP contribution in [0.15, 0.2) is 72.8 Å². The van der Waals surface area contributed by atoms with E-state index < -0.39 is 11.9 Å². The molecule has 0 bridgehead atoms. The van der Waals surface area contributed by atoms with Crippen molar-refractivity contribution < 1.29 is 29.6 Å². The molecule has 0 heterocycles. The van der Waals surface area contributed by atoms with E-state index in [4.69, 9.17) is 0 Å². The van der Waals surface area contributed by atoms with Gasteiger partial charge in [0.05, 0.1) is 0 Å². The Labute approximate surface area is 159 Å². The summed E-state index contributed by atoms with van der Waals surface area (Å²) in [6.45, 7) is 0. The van der Waals surface area contributed by atoms with Crippen molar-refractivity contribution in [2.45, 2.75) is 0 Å². The van der Waals surface area contributed by atoms with Gasteiger partial charge < -0.3 is 10.2 Å². The molecular weight excluding hydrogens is 360 g/mol. The molecule has 6 heteroatoms. The van der Waals surface area contributed by atoms with Crippen molar-refractivity contribution in [1.29, 1.82) is 0 Å². The highest BCUT2D eigenvalue weighted by atomic mass is 17.2. The molecule has 4 rings (SSSR count). The van der Waals surface area contributed by atoms with Crippen LogP contribution in [-0.4, -0.2) is 22.2 Å². The minimum absolute atomic E-state index is 0.144. The van der Waals surface area contributed by atoms with Crippen LogP contribution >= 0.6 is 0 Å². The molecule has 6 nitrogen and oxygen atoms in total. The average molecular weight is 374 g/mol. The van der Waals surface area contributed by atoms with Crippen LogP contribution in [0, 0.1) is 0 Å². The van der Waals surface area contributed by atoms with E-state index in [0.29, 0.717) is 10.8 Å². The van der Waals surface area contributed by atoms with Gasteiger partial charge >= 0.3 is 11.9 Å². The lowest BCUT2D eigenvalue weighted by Gasteiger charge is -2.09. The van der Waals surface area contributed by atoms with Gasteiger partial charge in [-0.25, -0.2) is 19.4 Å².